The number of imidazole rings is 1. The summed E-state index contributed by atoms with van der Waals surface area (Å²) in [4.78, 5) is 8.72. The summed E-state index contributed by atoms with van der Waals surface area (Å²) in [6.07, 6.45) is 10.6. The van der Waals surface area contributed by atoms with Gasteiger partial charge in [-0.2, -0.15) is 5.10 Å². The highest BCUT2D eigenvalue weighted by atomic mass is 15.4. The van der Waals surface area contributed by atoms with Crippen LogP contribution in [-0.4, -0.2) is 57.3 Å². The molecule has 1 unspecified atom stereocenters. The van der Waals surface area contributed by atoms with Crippen molar-refractivity contribution in [1.29, 1.82) is 0 Å². The maximum atomic E-state index is 5.88. The van der Waals surface area contributed by atoms with E-state index in [0.29, 0.717) is 17.5 Å². The van der Waals surface area contributed by atoms with Gasteiger partial charge in [0.05, 0.1) is 12.4 Å². The highest BCUT2D eigenvalue weighted by Crippen LogP contribution is 2.54. The van der Waals surface area contributed by atoms with Crippen LogP contribution in [0.3, 0.4) is 0 Å². The summed E-state index contributed by atoms with van der Waals surface area (Å²) in [5.41, 5.74) is 3.20. The van der Waals surface area contributed by atoms with Gasteiger partial charge in [-0.15, -0.1) is 0 Å². The van der Waals surface area contributed by atoms with Crippen molar-refractivity contribution < 1.29 is 0 Å². The van der Waals surface area contributed by atoms with Gasteiger partial charge in [0.2, 0.25) is 0 Å². The lowest BCUT2D eigenvalue weighted by Gasteiger charge is -2.58. The summed E-state index contributed by atoms with van der Waals surface area (Å²) in [7, 11) is 5.88. The van der Waals surface area contributed by atoms with Crippen LogP contribution in [0.4, 0.5) is 5.82 Å². The third-order valence-electron chi connectivity index (χ3n) is 7.54. The normalized spacial score (nSPS) is 27.0. The van der Waals surface area contributed by atoms with Crippen molar-refractivity contribution in [1.82, 2.24) is 24.1 Å². The zero-order chi connectivity index (χ0) is 19.7. The fraction of sp³-hybridized carbons (Fsp3) is 0.714. The molecule has 3 fully saturated rings. The molecule has 3 aliphatic rings. The first-order valence-corrected chi connectivity index (χ1v) is 10.6. The number of aromatic nitrogens is 4. The van der Waals surface area contributed by atoms with Gasteiger partial charge in [-0.3, -0.25) is 4.68 Å². The molecule has 148 valence electrons. The van der Waals surface area contributed by atoms with Gasteiger partial charge in [0.1, 0.15) is 0 Å². The molecule has 2 radical (unpaired) electrons. The maximum Gasteiger partial charge on any atom is 0.182 e. The Balaban J connectivity index is 1.35. The Morgan fingerprint density at radius 2 is 1.86 bits per heavy atom. The standard InChI is InChI=1S/C21H31BN6/c1-15-16(2)28(18-10-21(11-18)12-26(22)13-21)24-19(15)27-7-5-17(9-20(27,3)4)25-8-6-23-14-25/h6,8,14,17-18H,5,7,9-13H2,1-4H3. The van der Waals surface area contributed by atoms with Crippen molar-refractivity contribution in [2.75, 3.05) is 24.5 Å². The maximum absolute atomic E-state index is 5.88. The molecule has 4 heterocycles. The van der Waals surface area contributed by atoms with Crippen LogP contribution in [0.15, 0.2) is 18.7 Å². The van der Waals surface area contributed by atoms with Crippen molar-refractivity contribution in [3.05, 3.63) is 30.0 Å². The van der Waals surface area contributed by atoms with E-state index in [1.54, 1.807) is 0 Å². The summed E-state index contributed by atoms with van der Waals surface area (Å²) in [6, 6.07) is 1.05. The van der Waals surface area contributed by atoms with Gasteiger partial charge in [0.25, 0.3) is 0 Å². The third kappa shape index (κ3) is 2.73. The lowest BCUT2D eigenvalue weighted by molar-refractivity contribution is -0.0503. The van der Waals surface area contributed by atoms with Crippen LogP contribution in [-0.2, 0) is 0 Å². The van der Waals surface area contributed by atoms with Gasteiger partial charge in [-0.25, -0.2) is 4.98 Å². The number of piperidine rings is 1. The molecule has 2 saturated heterocycles. The summed E-state index contributed by atoms with van der Waals surface area (Å²) in [6.45, 7) is 12.3. The molecule has 5 rings (SSSR count). The average Bonchev–Trinajstić information content (AvgIpc) is 3.20. The van der Waals surface area contributed by atoms with Crippen molar-refractivity contribution in [2.45, 2.75) is 71.0 Å². The molecule has 2 aromatic rings. The first-order chi connectivity index (χ1) is 13.3. The molecular formula is C21H31BN6. The predicted octanol–water partition coefficient (Wildman–Crippen LogP) is 3.04. The van der Waals surface area contributed by atoms with Crippen LogP contribution >= 0.6 is 0 Å². The second-order valence-corrected chi connectivity index (χ2v) is 10.1. The van der Waals surface area contributed by atoms with Crippen molar-refractivity contribution in [3.8, 4) is 0 Å². The topological polar surface area (TPSA) is 42.1 Å². The van der Waals surface area contributed by atoms with Gasteiger partial charge in [0, 0.05) is 41.8 Å². The van der Waals surface area contributed by atoms with Gasteiger partial charge in [0.15, 0.2) is 13.8 Å². The zero-order valence-electron chi connectivity index (χ0n) is 17.6. The summed E-state index contributed by atoms with van der Waals surface area (Å²) >= 11 is 0. The van der Waals surface area contributed by atoms with E-state index < -0.39 is 0 Å². The molecule has 2 aliphatic heterocycles. The number of hydrogen-bond donors (Lipinski definition) is 0. The van der Waals surface area contributed by atoms with Crippen molar-refractivity contribution in [3.63, 3.8) is 0 Å². The third-order valence-corrected chi connectivity index (χ3v) is 7.54. The quantitative estimate of drug-likeness (QED) is 0.770. The Morgan fingerprint density at radius 3 is 2.46 bits per heavy atom. The SMILES string of the molecule is [B]N1CC2(CC(n3nc(N4CCC(n5ccnc5)CC4(C)C)c(C)c3C)C2)C1. The van der Waals surface area contributed by atoms with Crippen LogP contribution in [0.1, 0.15) is 62.9 Å². The number of rotatable bonds is 3. The zero-order valence-corrected chi connectivity index (χ0v) is 17.6. The Hall–Kier alpha value is -1.76. The summed E-state index contributed by atoms with van der Waals surface area (Å²) in [5.74, 6) is 1.18. The number of nitrogens with zero attached hydrogens (tertiary/aromatic N) is 6. The number of hydrogen-bond acceptors (Lipinski definition) is 4. The summed E-state index contributed by atoms with van der Waals surface area (Å²) < 4.78 is 4.58. The minimum atomic E-state index is 0.0679. The van der Waals surface area contributed by atoms with Crippen molar-refractivity contribution in [2.24, 2.45) is 5.41 Å². The lowest BCUT2D eigenvalue weighted by atomic mass is 9.60. The Kier molecular flexibility index (Phi) is 4.00. The van der Waals surface area contributed by atoms with Crippen molar-refractivity contribution >= 4 is 13.8 Å². The second kappa shape index (κ2) is 6.12. The second-order valence-electron chi connectivity index (χ2n) is 10.1. The molecule has 1 atom stereocenters. The first kappa shape index (κ1) is 18.3. The van der Waals surface area contributed by atoms with Crippen LogP contribution < -0.4 is 4.90 Å². The van der Waals surface area contributed by atoms with Gasteiger partial charge < -0.3 is 14.3 Å². The molecule has 28 heavy (non-hydrogen) atoms. The van der Waals surface area contributed by atoms with E-state index in [-0.39, 0.29) is 5.54 Å². The molecule has 1 spiro atoms. The molecule has 1 saturated carbocycles. The first-order valence-electron chi connectivity index (χ1n) is 10.6. The monoisotopic (exact) mass is 378 g/mol. The Labute approximate surface area is 169 Å². The molecular weight excluding hydrogens is 347 g/mol. The van der Waals surface area contributed by atoms with E-state index in [1.165, 1.54) is 29.9 Å². The largest absolute Gasteiger partial charge is 0.352 e. The van der Waals surface area contributed by atoms with E-state index in [9.17, 15) is 0 Å². The van der Waals surface area contributed by atoms with Crippen LogP contribution in [0.2, 0.25) is 0 Å². The minimum absolute atomic E-state index is 0.0679. The number of anilines is 1. The highest BCUT2D eigenvalue weighted by molar-refractivity contribution is 6.05. The molecule has 7 heteroatoms. The minimum Gasteiger partial charge on any atom is -0.352 e. The van der Waals surface area contributed by atoms with Gasteiger partial charge in [-0.1, -0.05) is 0 Å². The van der Waals surface area contributed by atoms with Crippen LogP contribution in [0, 0.1) is 19.3 Å². The molecule has 0 bridgehead atoms. The fourth-order valence-electron chi connectivity index (χ4n) is 5.89. The van der Waals surface area contributed by atoms with Crippen LogP contribution in [0.5, 0.6) is 0 Å². The summed E-state index contributed by atoms with van der Waals surface area (Å²) in [5, 5.41) is 5.16. The molecule has 0 aromatic carbocycles. The molecule has 0 amide bonds. The van der Waals surface area contributed by atoms with Gasteiger partial charge >= 0.3 is 0 Å². The smallest absolute Gasteiger partial charge is 0.182 e. The molecule has 0 N–H and O–H groups in total. The molecule has 1 aliphatic carbocycles. The fourth-order valence-corrected chi connectivity index (χ4v) is 5.89. The van der Waals surface area contributed by atoms with E-state index >= 15 is 0 Å². The van der Waals surface area contributed by atoms with E-state index in [4.69, 9.17) is 13.1 Å². The van der Waals surface area contributed by atoms with Gasteiger partial charge in [-0.05, 0) is 71.9 Å². The molecule has 6 nitrogen and oxygen atoms in total. The average molecular weight is 378 g/mol. The Bertz CT molecular complexity index is 856. The Morgan fingerprint density at radius 1 is 1.11 bits per heavy atom. The van der Waals surface area contributed by atoms with E-state index in [2.05, 4.69) is 53.0 Å². The lowest BCUT2D eigenvalue weighted by Crippen LogP contribution is -2.61. The van der Waals surface area contributed by atoms with Crippen LogP contribution in [0.25, 0.3) is 0 Å². The highest BCUT2D eigenvalue weighted by Gasteiger charge is 2.52. The predicted molar refractivity (Wildman–Crippen MR) is 112 cm³/mol. The van der Waals surface area contributed by atoms with E-state index in [0.717, 1.165) is 32.5 Å². The van der Waals surface area contributed by atoms with E-state index in [1.807, 2.05) is 17.3 Å². The molecule has 2 aromatic heterocycles.